The second-order valence-electron chi connectivity index (χ2n) is 3.61. The highest BCUT2D eigenvalue weighted by Gasteiger charge is 2.11. The lowest BCUT2D eigenvalue weighted by Crippen LogP contribution is -2.00. The Morgan fingerprint density at radius 2 is 1.89 bits per heavy atom. The first-order valence-corrected chi connectivity index (χ1v) is 5.97. The highest BCUT2D eigenvalue weighted by molar-refractivity contribution is 6.33. The Balaban J connectivity index is 2.39. The Labute approximate surface area is 114 Å². The first kappa shape index (κ1) is 13.1. The first-order valence-electron chi connectivity index (χ1n) is 5.22. The quantitative estimate of drug-likeness (QED) is 0.908. The van der Waals surface area contributed by atoms with Crippen molar-refractivity contribution in [1.82, 2.24) is 0 Å². The Morgan fingerprint density at radius 3 is 2.56 bits per heavy atom. The highest BCUT2D eigenvalue weighted by atomic mass is 35.5. The van der Waals surface area contributed by atoms with Gasteiger partial charge in [0.25, 0.3) is 0 Å². The highest BCUT2D eigenvalue weighted by Crippen LogP contribution is 2.36. The van der Waals surface area contributed by atoms with Crippen LogP contribution in [0.3, 0.4) is 0 Å². The molecular weight excluding hydrogens is 276 g/mol. The van der Waals surface area contributed by atoms with Crippen LogP contribution in [-0.2, 0) is 6.54 Å². The lowest BCUT2D eigenvalue weighted by Gasteiger charge is -2.12. The summed E-state index contributed by atoms with van der Waals surface area (Å²) >= 11 is 11.9. The van der Waals surface area contributed by atoms with Crippen molar-refractivity contribution in [2.75, 3.05) is 0 Å². The summed E-state index contributed by atoms with van der Waals surface area (Å²) in [5, 5.41) is 0.608. The van der Waals surface area contributed by atoms with Crippen molar-refractivity contribution < 1.29 is 9.13 Å². The van der Waals surface area contributed by atoms with Crippen molar-refractivity contribution in [3.05, 3.63) is 57.8 Å². The molecule has 18 heavy (non-hydrogen) atoms. The molecule has 2 N–H and O–H groups in total. The molecule has 2 nitrogen and oxygen atoms in total. The molecule has 0 aromatic heterocycles. The third-order valence-corrected chi connectivity index (χ3v) is 2.97. The molecule has 0 spiro atoms. The summed E-state index contributed by atoms with van der Waals surface area (Å²) in [5.41, 5.74) is 6.36. The summed E-state index contributed by atoms with van der Waals surface area (Å²) in [6, 6.07) is 9.16. The molecule has 0 heterocycles. The van der Waals surface area contributed by atoms with E-state index in [1.807, 2.05) is 0 Å². The molecule has 0 fully saturated rings. The van der Waals surface area contributed by atoms with Crippen molar-refractivity contribution in [2.24, 2.45) is 5.73 Å². The predicted molar refractivity (Wildman–Crippen MR) is 70.8 cm³/mol. The SMILES string of the molecule is NCc1cccc(Cl)c1Oc1ccc(F)cc1Cl. The van der Waals surface area contributed by atoms with Crippen molar-refractivity contribution in [3.8, 4) is 11.5 Å². The number of rotatable bonds is 3. The van der Waals surface area contributed by atoms with Crippen LogP contribution in [0.4, 0.5) is 4.39 Å². The van der Waals surface area contributed by atoms with Gasteiger partial charge < -0.3 is 10.5 Å². The zero-order valence-electron chi connectivity index (χ0n) is 9.29. The van der Waals surface area contributed by atoms with Crippen LogP contribution in [-0.4, -0.2) is 0 Å². The summed E-state index contributed by atoms with van der Waals surface area (Å²) < 4.78 is 18.5. The van der Waals surface area contributed by atoms with Crippen molar-refractivity contribution in [3.63, 3.8) is 0 Å². The first-order chi connectivity index (χ1) is 8.61. The van der Waals surface area contributed by atoms with Crippen LogP contribution in [0.2, 0.25) is 10.0 Å². The number of para-hydroxylation sites is 1. The van der Waals surface area contributed by atoms with Crippen LogP contribution < -0.4 is 10.5 Å². The molecule has 0 atom stereocenters. The van der Waals surface area contributed by atoms with Crippen molar-refractivity contribution in [2.45, 2.75) is 6.54 Å². The van der Waals surface area contributed by atoms with Gasteiger partial charge in [-0.3, -0.25) is 0 Å². The molecule has 2 aromatic rings. The van der Waals surface area contributed by atoms with Crippen LogP contribution in [0.25, 0.3) is 0 Å². The predicted octanol–water partition coefficient (Wildman–Crippen LogP) is 4.38. The standard InChI is InChI=1S/C13H10Cl2FNO/c14-10-3-1-2-8(7-17)13(10)18-12-5-4-9(16)6-11(12)15/h1-6H,7,17H2. The van der Waals surface area contributed by atoms with E-state index in [1.54, 1.807) is 18.2 Å². The van der Waals surface area contributed by atoms with E-state index in [4.69, 9.17) is 33.7 Å². The molecule has 0 radical (unpaired) electrons. The summed E-state index contributed by atoms with van der Waals surface area (Å²) in [6.07, 6.45) is 0. The monoisotopic (exact) mass is 285 g/mol. The fourth-order valence-electron chi connectivity index (χ4n) is 1.50. The van der Waals surface area contributed by atoms with Gasteiger partial charge in [-0.15, -0.1) is 0 Å². The fraction of sp³-hybridized carbons (Fsp3) is 0.0769. The van der Waals surface area contributed by atoms with E-state index >= 15 is 0 Å². The summed E-state index contributed by atoms with van der Waals surface area (Å²) in [7, 11) is 0. The molecule has 0 aliphatic heterocycles. The minimum absolute atomic E-state index is 0.179. The van der Waals surface area contributed by atoms with Crippen molar-refractivity contribution in [1.29, 1.82) is 0 Å². The number of hydrogen-bond donors (Lipinski definition) is 1. The Bertz CT molecular complexity index is 575. The van der Waals surface area contributed by atoms with Crippen molar-refractivity contribution >= 4 is 23.2 Å². The normalized spacial score (nSPS) is 10.4. The molecule has 0 aliphatic rings. The van der Waals surface area contributed by atoms with E-state index in [2.05, 4.69) is 0 Å². The Morgan fingerprint density at radius 1 is 1.11 bits per heavy atom. The van der Waals surface area contributed by atoms with Gasteiger partial charge in [0, 0.05) is 12.1 Å². The average Bonchev–Trinajstić information content (AvgIpc) is 2.34. The van der Waals surface area contributed by atoms with Crippen LogP contribution in [0.1, 0.15) is 5.56 Å². The topological polar surface area (TPSA) is 35.2 Å². The van der Waals surface area contributed by atoms with E-state index in [-0.39, 0.29) is 11.6 Å². The summed E-state index contributed by atoms with van der Waals surface area (Å²) in [6.45, 7) is 0.286. The van der Waals surface area contributed by atoms with Gasteiger partial charge in [0.15, 0.2) is 5.75 Å². The number of nitrogens with two attached hydrogens (primary N) is 1. The van der Waals surface area contributed by atoms with Gasteiger partial charge in [-0.05, 0) is 24.3 Å². The molecular formula is C13H10Cl2FNO. The number of halogens is 3. The van der Waals surface area contributed by atoms with Crippen LogP contribution >= 0.6 is 23.2 Å². The maximum absolute atomic E-state index is 12.9. The van der Waals surface area contributed by atoms with Crippen LogP contribution in [0.5, 0.6) is 11.5 Å². The van der Waals surface area contributed by atoms with E-state index in [9.17, 15) is 4.39 Å². The number of benzene rings is 2. The van der Waals surface area contributed by atoms with Gasteiger partial charge in [0.1, 0.15) is 11.6 Å². The minimum atomic E-state index is -0.425. The van der Waals surface area contributed by atoms with E-state index in [0.717, 1.165) is 5.56 Å². The summed E-state index contributed by atoms with van der Waals surface area (Å²) in [4.78, 5) is 0. The van der Waals surface area contributed by atoms with Gasteiger partial charge in [-0.1, -0.05) is 35.3 Å². The molecule has 0 amide bonds. The molecule has 5 heteroatoms. The van der Waals surface area contributed by atoms with E-state index in [0.29, 0.717) is 16.5 Å². The number of hydrogen-bond acceptors (Lipinski definition) is 2. The Hall–Kier alpha value is -1.29. The zero-order chi connectivity index (χ0) is 13.1. The molecule has 0 saturated heterocycles. The van der Waals surface area contributed by atoms with Gasteiger partial charge in [-0.25, -0.2) is 4.39 Å². The maximum atomic E-state index is 12.9. The van der Waals surface area contributed by atoms with Gasteiger partial charge in [0.05, 0.1) is 10.0 Å². The zero-order valence-corrected chi connectivity index (χ0v) is 10.8. The molecule has 2 rings (SSSR count). The lowest BCUT2D eigenvalue weighted by atomic mass is 10.2. The average molecular weight is 286 g/mol. The van der Waals surface area contributed by atoms with E-state index < -0.39 is 5.82 Å². The third-order valence-electron chi connectivity index (χ3n) is 2.37. The van der Waals surface area contributed by atoms with E-state index in [1.165, 1.54) is 18.2 Å². The third kappa shape index (κ3) is 2.75. The number of ether oxygens (including phenoxy) is 1. The van der Waals surface area contributed by atoms with Gasteiger partial charge in [-0.2, -0.15) is 0 Å². The molecule has 0 aliphatic carbocycles. The molecule has 0 bridgehead atoms. The molecule has 0 unspecified atom stereocenters. The minimum Gasteiger partial charge on any atom is -0.454 e. The lowest BCUT2D eigenvalue weighted by molar-refractivity contribution is 0.475. The molecule has 0 saturated carbocycles. The fourth-order valence-corrected chi connectivity index (χ4v) is 1.93. The Kier molecular flexibility index (Phi) is 4.07. The van der Waals surface area contributed by atoms with Gasteiger partial charge in [0.2, 0.25) is 0 Å². The van der Waals surface area contributed by atoms with Crippen LogP contribution in [0, 0.1) is 5.82 Å². The van der Waals surface area contributed by atoms with Gasteiger partial charge >= 0.3 is 0 Å². The maximum Gasteiger partial charge on any atom is 0.150 e. The second-order valence-corrected chi connectivity index (χ2v) is 4.42. The summed E-state index contributed by atoms with van der Waals surface area (Å²) in [5.74, 6) is 0.349. The molecule has 2 aromatic carbocycles. The largest absolute Gasteiger partial charge is 0.454 e. The molecule has 94 valence electrons. The smallest absolute Gasteiger partial charge is 0.150 e. The second kappa shape index (κ2) is 5.57. The van der Waals surface area contributed by atoms with Crippen LogP contribution in [0.15, 0.2) is 36.4 Å².